The second kappa shape index (κ2) is 2.58. The Hall–Kier alpha value is -0.340. The first kappa shape index (κ1) is 8.01. The van der Waals surface area contributed by atoms with E-state index in [1.807, 2.05) is 0 Å². The molecular formula is C11H12BrN. The smallest absolute Gasteiger partial charge is 0.0327 e. The van der Waals surface area contributed by atoms with Gasteiger partial charge < -0.3 is 5.73 Å². The topological polar surface area (TPSA) is 26.0 Å². The number of hydrogen-bond donors (Lipinski definition) is 1. The van der Waals surface area contributed by atoms with Gasteiger partial charge in [0.2, 0.25) is 0 Å². The lowest BCUT2D eigenvalue weighted by molar-refractivity contribution is 0.194. The van der Waals surface area contributed by atoms with Gasteiger partial charge >= 0.3 is 0 Å². The van der Waals surface area contributed by atoms with Crippen LogP contribution in [0.4, 0.5) is 0 Å². The molecule has 0 heterocycles. The Bertz CT molecular complexity index is 355. The van der Waals surface area contributed by atoms with Crippen LogP contribution in [0.15, 0.2) is 22.7 Å². The van der Waals surface area contributed by atoms with Crippen molar-refractivity contribution in [1.29, 1.82) is 0 Å². The highest BCUT2D eigenvalue weighted by atomic mass is 79.9. The first-order valence-corrected chi connectivity index (χ1v) is 5.60. The Balaban J connectivity index is 2.17. The van der Waals surface area contributed by atoms with Crippen molar-refractivity contribution in [3.05, 3.63) is 33.8 Å². The molecule has 3 aliphatic rings. The summed E-state index contributed by atoms with van der Waals surface area (Å²) in [4.78, 5) is 0. The summed E-state index contributed by atoms with van der Waals surface area (Å²) in [5.74, 6) is 1.57. The average Bonchev–Trinajstić information content (AvgIpc) is 2.03. The van der Waals surface area contributed by atoms with Gasteiger partial charge in [-0.05, 0) is 47.9 Å². The summed E-state index contributed by atoms with van der Waals surface area (Å²) < 4.78 is 1.16. The summed E-state index contributed by atoms with van der Waals surface area (Å²) in [6, 6.07) is 6.85. The number of benzene rings is 1. The van der Waals surface area contributed by atoms with Crippen molar-refractivity contribution in [3.8, 4) is 0 Å². The Morgan fingerprint density at radius 3 is 2.77 bits per heavy atom. The maximum Gasteiger partial charge on any atom is 0.0327 e. The molecule has 13 heavy (non-hydrogen) atoms. The van der Waals surface area contributed by atoms with Crippen LogP contribution in [0.25, 0.3) is 0 Å². The highest BCUT2D eigenvalue weighted by Gasteiger charge is 2.41. The van der Waals surface area contributed by atoms with E-state index in [9.17, 15) is 0 Å². The minimum atomic E-state index is 0.289. The van der Waals surface area contributed by atoms with Gasteiger partial charge in [0.05, 0.1) is 0 Å². The van der Waals surface area contributed by atoms with E-state index in [0.717, 1.165) is 16.3 Å². The Kier molecular flexibility index (Phi) is 1.59. The minimum absolute atomic E-state index is 0.289. The molecule has 0 amide bonds. The number of nitrogens with two attached hydrogens (primary N) is 1. The first-order chi connectivity index (χ1) is 6.25. The van der Waals surface area contributed by atoms with E-state index in [-0.39, 0.29) is 6.04 Å². The van der Waals surface area contributed by atoms with Crippen molar-refractivity contribution in [1.82, 2.24) is 0 Å². The van der Waals surface area contributed by atoms with Gasteiger partial charge in [-0.3, -0.25) is 0 Å². The van der Waals surface area contributed by atoms with Crippen LogP contribution in [-0.2, 0) is 0 Å². The van der Waals surface area contributed by atoms with Crippen LogP contribution in [0.3, 0.4) is 0 Å². The lowest BCUT2D eigenvalue weighted by atomic mass is 9.60. The number of rotatable bonds is 0. The highest BCUT2D eigenvalue weighted by Crippen LogP contribution is 2.54. The first-order valence-electron chi connectivity index (χ1n) is 4.80. The van der Waals surface area contributed by atoms with E-state index < -0.39 is 0 Å². The van der Waals surface area contributed by atoms with Crippen molar-refractivity contribution >= 4 is 15.9 Å². The lowest BCUT2D eigenvalue weighted by Crippen LogP contribution is -2.38. The van der Waals surface area contributed by atoms with Crippen LogP contribution in [0.1, 0.15) is 35.9 Å². The zero-order valence-corrected chi connectivity index (χ0v) is 8.92. The summed E-state index contributed by atoms with van der Waals surface area (Å²) in [5, 5.41) is 0. The molecular weight excluding hydrogens is 226 g/mol. The molecule has 1 aromatic carbocycles. The second-order valence-corrected chi connectivity index (χ2v) is 5.14. The van der Waals surface area contributed by atoms with Crippen LogP contribution in [0, 0.1) is 5.92 Å². The Labute approximate surface area is 86.5 Å². The summed E-state index contributed by atoms with van der Waals surface area (Å²) in [6.45, 7) is 0. The molecule has 2 bridgehead atoms. The van der Waals surface area contributed by atoms with Crippen LogP contribution in [0.5, 0.6) is 0 Å². The van der Waals surface area contributed by atoms with Crippen LogP contribution < -0.4 is 5.73 Å². The summed E-state index contributed by atoms with van der Waals surface area (Å²) >= 11 is 3.50. The molecule has 0 saturated heterocycles. The number of halogens is 1. The van der Waals surface area contributed by atoms with Crippen LogP contribution in [-0.4, -0.2) is 0 Å². The molecule has 0 aliphatic heterocycles. The summed E-state index contributed by atoms with van der Waals surface area (Å²) in [5.41, 5.74) is 9.05. The standard InChI is InChI=1S/C11H12BrN/c12-8-1-2-9-6-3-7(4-6)11(13)10(9)5-8/h1-2,5-7,11H,3-4,13H2. The SMILES string of the molecule is NC1c2cc(Br)ccc2C2CC1C2. The fourth-order valence-electron chi connectivity index (χ4n) is 2.67. The predicted octanol–water partition coefficient (Wildman–Crippen LogP) is 2.96. The molecule has 0 radical (unpaired) electrons. The molecule has 1 nitrogen and oxygen atoms in total. The predicted molar refractivity (Wildman–Crippen MR) is 56.5 cm³/mol. The second-order valence-electron chi connectivity index (χ2n) is 4.23. The van der Waals surface area contributed by atoms with Crippen molar-refractivity contribution in [2.24, 2.45) is 11.7 Å². The van der Waals surface area contributed by atoms with E-state index in [4.69, 9.17) is 5.73 Å². The van der Waals surface area contributed by atoms with E-state index in [1.54, 1.807) is 0 Å². The molecule has 68 valence electrons. The summed E-state index contributed by atoms with van der Waals surface area (Å²) in [6.07, 6.45) is 2.63. The quantitative estimate of drug-likeness (QED) is 0.738. The average molecular weight is 238 g/mol. The van der Waals surface area contributed by atoms with Gasteiger partial charge in [0.1, 0.15) is 0 Å². The van der Waals surface area contributed by atoms with Crippen LogP contribution >= 0.6 is 15.9 Å². The van der Waals surface area contributed by atoms with Gasteiger partial charge in [-0.25, -0.2) is 0 Å². The van der Waals surface area contributed by atoms with Gasteiger partial charge in [-0.15, -0.1) is 0 Å². The maximum absolute atomic E-state index is 6.18. The van der Waals surface area contributed by atoms with Gasteiger partial charge in [-0.1, -0.05) is 22.0 Å². The van der Waals surface area contributed by atoms with E-state index in [2.05, 4.69) is 34.1 Å². The summed E-state index contributed by atoms with van der Waals surface area (Å²) in [7, 11) is 0. The van der Waals surface area contributed by atoms with Gasteiger partial charge in [0, 0.05) is 10.5 Å². The molecule has 1 aromatic rings. The fraction of sp³-hybridized carbons (Fsp3) is 0.455. The van der Waals surface area contributed by atoms with Crippen molar-refractivity contribution < 1.29 is 0 Å². The Morgan fingerprint density at radius 1 is 1.23 bits per heavy atom. The van der Waals surface area contributed by atoms with Crippen molar-refractivity contribution in [2.75, 3.05) is 0 Å². The third-order valence-corrected chi connectivity index (χ3v) is 4.02. The van der Waals surface area contributed by atoms with Gasteiger partial charge in [-0.2, -0.15) is 0 Å². The maximum atomic E-state index is 6.18. The van der Waals surface area contributed by atoms with E-state index >= 15 is 0 Å². The molecule has 1 unspecified atom stereocenters. The number of hydrogen-bond acceptors (Lipinski definition) is 1. The van der Waals surface area contributed by atoms with Crippen molar-refractivity contribution in [2.45, 2.75) is 24.8 Å². The third kappa shape index (κ3) is 1.02. The monoisotopic (exact) mass is 237 g/mol. The lowest BCUT2D eigenvalue weighted by Gasteiger charge is -2.46. The zero-order valence-electron chi connectivity index (χ0n) is 7.33. The molecule has 3 aliphatic carbocycles. The normalized spacial score (nSPS) is 35.1. The molecule has 1 fully saturated rings. The molecule has 1 saturated carbocycles. The zero-order chi connectivity index (χ0) is 9.00. The highest BCUT2D eigenvalue weighted by molar-refractivity contribution is 9.10. The van der Waals surface area contributed by atoms with Crippen LogP contribution in [0.2, 0.25) is 0 Å². The molecule has 0 spiro atoms. The minimum Gasteiger partial charge on any atom is -0.324 e. The van der Waals surface area contributed by atoms with Crippen molar-refractivity contribution in [3.63, 3.8) is 0 Å². The molecule has 1 atom stereocenters. The molecule has 2 N–H and O–H groups in total. The fourth-order valence-corrected chi connectivity index (χ4v) is 3.05. The van der Waals surface area contributed by atoms with E-state index in [0.29, 0.717) is 0 Å². The van der Waals surface area contributed by atoms with Gasteiger partial charge in [0.25, 0.3) is 0 Å². The van der Waals surface area contributed by atoms with Gasteiger partial charge in [0.15, 0.2) is 0 Å². The molecule has 4 rings (SSSR count). The molecule has 0 aromatic heterocycles. The van der Waals surface area contributed by atoms with E-state index in [1.165, 1.54) is 24.0 Å². The Morgan fingerprint density at radius 2 is 2.00 bits per heavy atom. The molecule has 2 heteroatoms. The third-order valence-electron chi connectivity index (χ3n) is 3.53. The largest absolute Gasteiger partial charge is 0.324 e.